The van der Waals surface area contributed by atoms with E-state index in [2.05, 4.69) is 18.6 Å². The van der Waals surface area contributed by atoms with E-state index in [1.165, 1.54) is 17.3 Å². The highest BCUT2D eigenvalue weighted by Crippen LogP contribution is 2.29. The summed E-state index contributed by atoms with van der Waals surface area (Å²) in [6.07, 6.45) is 5.34. The first kappa shape index (κ1) is 11.9. The molecule has 1 saturated heterocycles. The third-order valence-corrected chi connectivity index (χ3v) is 3.55. The molecule has 0 aliphatic carbocycles. The molecule has 1 aromatic heterocycles. The Morgan fingerprint density at radius 1 is 1.53 bits per heavy atom. The van der Waals surface area contributed by atoms with Gasteiger partial charge in [0.2, 0.25) is 5.91 Å². The van der Waals surface area contributed by atoms with Crippen molar-refractivity contribution in [2.45, 2.75) is 25.7 Å². The molecule has 1 aromatic rings. The van der Waals surface area contributed by atoms with Gasteiger partial charge in [-0.3, -0.25) is 9.48 Å². The minimum absolute atomic E-state index is 0.0465. The molecule has 1 fully saturated rings. The van der Waals surface area contributed by atoms with Crippen molar-refractivity contribution in [1.82, 2.24) is 14.7 Å². The average Bonchev–Trinajstić information content (AvgIpc) is 2.68. The van der Waals surface area contributed by atoms with Crippen molar-refractivity contribution in [2.24, 2.45) is 7.05 Å². The summed E-state index contributed by atoms with van der Waals surface area (Å²) in [5.74, 6) is 0.571. The van der Waals surface area contributed by atoms with Crippen LogP contribution in [0.4, 0.5) is 0 Å². The molecular weight excluding hydrogens is 214 g/mol. The summed E-state index contributed by atoms with van der Waals surface area (Å²) in [5, 5.41) is 4.28. The van der Waals surface area contributed by atoms with Crippen LogP contribution in [-0.4, -0.2) is 33.7 Å². The van der Waals surface area contributed by atoms with Gasteiger partial charge in [-0.05, 0) is 31.4 Å². The maximum atomic E-state index is 11.5. The fourth-order valence-corrected chi connectivity index (χ4v) is 2.65. The number of nitrogens with zero attached hydrogens (tertiary/aromatic N) is 3. The third-order valence-electron chi connectivity index (χ3n) is 3.55. The lowest BCUT2D eigenvalue weighted by Gasteiger charge is -2.31. The first-order valence-electron chi connectivity index (χ1n) is 6.03. The van der Waals surface area contributed by atoms with Crippen molar-refractivity contribution in [3.8, 4) is 0 Å². The number of hydrogen-bond acceptors (Lipinski definition) is 2. The zero-order valence-electron chi connectivity index (χ0n) is 10.5. The number of rotatable bonds is 2. The second-order valence-electron chi connectivity index (χ2n) is 4.64. The van der Waals surface area contributed by atoms with Crippen LogP contribution in [0.1, 0.15) is 30.0 Å². The summed E-state index contributed by atoms with van der Waals surface area (Å²) in [7, 11) is 1.99. The molecule has 92 valence electrons. The second-order valence-corrected chi connectivity index (χ2v) is 4.64. The number of piperidine rings is 1. The lowest BCUT2D eigenvalue weighted by Crippen LogP contribution is -2.37. The van der Waals surface area contributed by atoms with E-state index in [0.29, 0.717) is 5.92 Å². The monoisotopic (exact) mass is 233 g/mol. The highest BCUT2D eigenvalue weighted by atomic mass is 16.2. The van der Waals surface area contributed by atoms with E-state index in [1.54, 1.807) is 0 Å². The van der Waals surface area contributed by atoms with Crippen LogP contribution in [0.2, 0.25) is 0 Å². The normalized spacial score (nSPS) is 17.2. The molecule has 1 aliphatic heterocycles. The van der Waals surface area contributed by atoms with Crippen molar-refractivity contribution in [1.29, 1.82) is 0 Å². The van der Waals surface area contributed by atoms with E-state index in [9.17, 15) is 4.79 Å². The first-order valence-corrected chi connectivity index (χ1v) is 6.03. The molecule has 4 heteroatoms. The standard InChI is InChI=1S/C13H19N3O/c1-4-12(17)16-7-5-11(6-8-16)13-10(2)9-14-15(13)3/h4,9,11H,1,5-8H2,2-3H3. The lowest BCUT2D eigenvalue weighted by molar-refractivity contribution is -0.127. The third kappa shape index (κ3) is 2.25. The van der Waals surface area contributed by atoms with Crippen LogP contribution < -0.4 is 0 Å². The van der Waals surface area contributed by atoms with Crippen LogP contribution in [0.15, 0.2) is 18.9 Å². The van der Waals surface area contributed by atoms with Crippen LogP contribution in [0.3, 0.4) is 0 Å². The maximum absolute atomic E-state index is 11.5. The summed E-state index contributed by atoms with van der Waals surface area (Å²) in [5.41, 5.74) is 2.57. The fraction of sp³-hybridized carbons (Fsp3) is 0.538. The fourth-order valence-electron chi connectivity index (χ4n) is 2.65. The van der Waals surface area contributed by atoms with Crippen molar-refractivity contribution in [3.63, 3.8) is 0 Å². The second kappa shape index (κ2) is 4.73. The van der Waals surface area contributed by atoms with E-state index in [-0.39, 0.29) is 5.91 Å². The Balaban J connectivity index is 2.05. The molecular formula is C13H19N3O. The quantitative estimate of drug-likeness (QED) is 0.728. The molecule has 0 bridgehead atoms. The topological polar surface area (TPSA) is 38.1 Å². The molecule has 4 nitrogen and oxygen atoms in total. The molecule has 0 spiro atoms. The summed E-state index contributed by atoms with van der Waals surface area (Å²) in [4.78, 5) is 13.4. The Labute approximate surface area is 102 Å². The average molecular weight is 233 g/mol. The summed E-state index contributed by atoms with van der Waals surface area (Å²) >= 11 is 0. The number of aromatic nitrogens is 2. The van der Waals surface area contributed by atoms with Crippen molar-refractivity contribution >= 4 is 5.91 Å². The Bertz CT molecular complexity index is 408. The van der Waals surface area contributed by atoms with Crippen LogP contribution in [0.25, 0.3) is 0 Å². The summed E-state index contributed by atoms with van der Waals surface area (Å²) < 4.78 is 1.96. The Morgan fingerprint density at radius 2 is 2.18 bits per heavy atom. The predicted octanol–water partition coefficient (Wildman–Crippen LogP) is 1.62. The smallest absolute Gasteiger partial charge is 0.245 e. The van der Waals surface area contributed by atoms with Crippen LogP contribution >= 0.6 is 0 Å². The highest BCUT2D eigenvalue weighted by Gasteiger charge is 2.25. The lowest BCUT2D eigenvalue weighted by atomic mass is 9.91. The number of likely N-dealkylation sites (tertiary alicyclic amines) is 1. The van der Waals surface area contributed by atoms with Gasteiger partial charge in [0.25, 0.3) is 0 Å². The van der Waals surface area contributed by atoms with E-state index in [1.807, 2.05) is 22.8 Å². The summed E-state index contributed by atoms with van der Waals surface area (Å²) in [6, 6.07) is 0. The van der Waals surface area contributed by atoms with Gasteiger partial charge in [-0.2, -0.15) is 5.10 Å². The Morgan fingerprint density at radius 3 is 2.65 bits per heavy atom. The molecule has 1 aliphatic rings. The molecule has 0 aromatic carbocycles. The van der Waals surface area contributed by atoms with Crippen LogP contribution in [0.5, 0.6) is 0 Å². The van der Waals surface area contributed by atoms with E-state index >= 15 is 0 Å². The van der Waals surface area contributed by atoms with Gasteiger partial charge in [0.1, 0.15) is 0 Å². The SMILES string of the molecule is C=CC(=O)N1CCC(c2c(C)cnn2C)CC1. The van der Waals surface area contributed by atoms with Gasteiger partial charge in [-0.15, -0.1) is 0 Å². The van der Waals surface area contributed by atoms with Crippen molar-refractivity contribution in [3.05, 3.63) is 30.1 Å². The molecule has 0 unspecified atom stereocenters. The summed E-state index contributed by atoms with van der Waals surface area (Å²) in [6.45, 7) is 7.27. The van der Waals surface area contributed by atoms with Crippen molar-refractivity contribution < 1.29 is 4.79 Å². The van der Waals surface area contributed by atoms with E-state index in [4.69, 9.17) is 0 Å². The van der Waals surface area contributed by atoms with Gasteiger partial charge in [0, 0.05) is 31.7 Å². The van der Waals surface area contributed by atoms with E-state index < -0.39 is 0 Å². The minimum atomic E-state index is 0.0465. The zero-order valence-corrected chi connectivity index (χ0v) is 10.5. The molecule has 1 amide bonds. The minimum Gasteiger partial charge on any atom is -0.339 e. The van der Waals surface area contributed by atoms with E-state index in [0.717, 1.165) is 25.9 Å². The van der Waals surface area contributed by atoms with Gasteiger partial charge >= 0.3 is 0 Å². The van der Waals surface area contributed by atoms with Gasteiger partial charge in [0.15, 0.2) is 0 Å². The largest absolute Gasteiger partial charge is 0.339 e. The Kier molecular flexibility index (Phi) is 3.31. The zero-order chi connectivity index (χ0) is 12.4. The van der Waals surface area contributed by atoms with Gasteiger partial charge in [0.05, 0.1) is 6.20 Å². The van der Waals surface area contributed by atoms with Gasteiger partial charge in [-0.25, -0.2) is 0 Å². The molecule has 0 N–H and O–H groups in total. The first-order chi connectivity index (χ1) is 8.13. The molecule has 0 radical (unpaired) electrons. The number of carbonyl (C=O) groups excluding carboxylic acids is 1. The maximum Gasteiger partial charge on any atom is 0.245 e. The molecule has 2 rings (SSSR count). The molecule has 0 atom stereocenters. The number of carbonyl (C=O) groups is 1. The Hall–Kier alpha value is -1.58. The number of hydrogen-bond donors (Lipinski definition) is 0. The number of amides is 1. The van der Waals surface area contributed by atoms with Gasteiger partial charge < -0.3 is 4.90 Å². The molecule has 0 saturated carbocycles. The van der Waals surface area contributed by atoms with Gasteiger partial charge in [-0.1, -0.05) is 6.58 Å². The van der Waals surface area contributed by atoms with Crippen LogP contribution in [-0.2, 0) is 11.8 Å². The highest BCUT2D eigenvalue weighted by molar-refractivity contribution is 5.87. The van der Waals surface area contributed by atoms with Crippen LogP contribution in [0, 0.1) is 6.92 Å². The molecule has 2 heterocycles. The predicted molar refractivity (Wildman–Crippen MR) is 66.7 cm³/mol. The number of aryl methyl sites for hydroxylation is 2. The molecule has 17 heavy (non-hydrogen) atoms. The van der Waals surface area contributed by atoms with Crippen molar-refractivity contribution in [2.75, 3.05) is 13.1 Å².